The number of hydrogen-bond acceptors (Lipinski definition) is 6. The Morgan fingerprint density at radius 3 is 2.56 bits per heavy atom. The Labute approximate surface area is 157 Å². The lowest BCUT2D eigenvalue weighted by molar-refractivity contribution is -0.0861. The Morgan fingerprint density at radius 1 is 1.19 bits per heavy atom. The number of rotatable bonds is 2. The maximum absolute atomic E-state index is 13.1. The van der Waals surface area contributed by atoms with Gasteiger partial charge >= 0.3 is 6.09 Å². The number of hydrogen-bond donors (Lipinski definition) is 0. The van der Waals surface area contributed by atoms with Crippen LogP contribution in [0.2, 0.25) is 0 Å². The predicted octanol–water partition coefficient (Wildman–Crippen LogP) is 2.33. The lowest BCUT2D eigenvalue weighted by Crippen LogP contribution is -2.60. The molecule has 27 heavy (non-hydrogen) atoms. The summed E-state index contributed by atoms with van der Waals surface area (Å²) in [6.45, 7) is 6.41. The van der Waals surface area contributed by atoms with Crippen molar-refractivity contribution >= 4 is 17.7 Å². The maximum Gasteiger partial charge on any atom is 0.410 e. The lowest BCUT2D eigenvalue weighted by Gasteiger charge is -2.47. The number of piperidine rings is 1. The Bertz CT molecular complexity index is 858. The molecular formula is C19H24N4O4. The van der Waals surface area contributed by atoms with Crippen molar-refractivity contribution in [2.45, 2.75) is 51.3 Å². The van der Waals surface area contributed by atoms with Crippen LogP contribution in [-0.4, -0.2) is 62.0 Å². The molecule has 4 heterocycles. The Balaban J connectivity index is 1.54. The highest BCUT2D eigenvalue weighted by atomic mass is 16.6. The zero-order valence-electron chi connectivity index (χ0n) is 15.8. The van der Waals surface area contributed by atoms with E-state index in [-0.39, 0.29) is 29.9 Å². The molecule has 144 valence electrons. The van der Waals surface area contributed by atoms with Crippen molar-refractivity contribution in [3.05, 3.63) is 30.4 Å². The maximum atomic E-state index is 13.1. The molecule has 8 nitrogen and oxygen atoms in total. The molecule has 2 aromatic rings. The topological polar surface area (TPSA) is 86.0 Å². The first kappa shape index (κ1) is 17.9. The summed E-state index contributed by atoms with van der Waals surface area (Å²) in [6.07, 6.45) is 5.81. The van der Waals surface area contributed by atoms with Crippen LogP contribution in [0.3, 0.4) is 0 Å². The molecule has 2 fully saturated rings. The van der Waals surface area contributed by atoms with Crippen molar-refractivity contribution in [2.24, 2.45) is 5.92 Å². The van der Waals surface area contributed by atoms with E-state index in [9.17, 15) is 9.59 Å². The predicted molar refractivity (Wildman–Crippen MR) is 96.5 cm³/mol. The zero-order chi connectivity index (χ0) is 19.2. The van der Waals surface area contributed by atoms with Crippen LogP contribution in [0.4, 0.5) is 4.79 Å². The second kappa shape index (κ2) is 6.60. The Hall–Kier alpha value is -2.48. The van der Waals surface area contributed by atoms with E-state index in [2.05, 4.69) is 9.97 Å². The van der Waals surface area contributed by atoms with E-state index in [1.165, 1.54) is 0 Å². The van der Waals surface area contributed by atoms with E-state index in [1.807, 2.05) is 20.8 Å². The summed E-state index contributed by atoms with van der Waals surface area (Å²) in [5, 5.41) is 0. The van der Waals surface area contributed by atoms with Gasteiger partial charge in [0.25, 0.3) is 0 Å². The van der Waals surface area contributed by atoms with Gasteiger partial charge in [0.15, 0.2) is 5.78 Å². The summed E-state index contributed by atoms with van der Waals surface area (Å²) in [4.78, 5) is 35.9. The standard InChI is InChI=1S/C19H24N4O4/c1-19(2,3)27-18(25)23-13-7-12(8-14(23)11-26-10-13)16(24)15-9-21-17-20-5-4-6-22(15)17/h4-6,9,12-14H,7-8,10-11H2,1-3H3. The number of morpholine rings is 1. The number of fused-ring (bicyclic) bond motifs is 3. The molecule has 8 heteroatoms. The highest BCUT2D eigenvalue weighted by molar-refractivity contribution is 5.97. The van der Waals surface area contributed by atoms with Crippen molar-refractivity contribution in [3.8, 4) is 0 Å². The summed E-state index contributed by atoms with van der Waals surface area (Å²) in [7, 11) is 0. The molecule has 0 aliphatic carbocycles. The van der Waals surface area contributed by atoms with Crippen LogP contribution >= 0.6 is 0 Å². The quantitative estimate of drug-likeness (QED) is 0.752. The van der Waals surface area contributed by atoms with E-state index >= 15 is 0 Å². The van der Waals surface area contributed by atoms with Gasteiger partial charge in [-0.05, 0) is 39.7 Å². The number of ether oxygens (including phenoxy) is 2. The van der Waals surface area contributed by atoms with Gasteiger partial charge in [0, 0.05) is 18.3 Å². The summed E-state index contributed by atoms with van der Waals surface area (Å²) >= 11 is 0. The minimum Gasteiger partial charge on any atom is -0.444 e. The molecule has 0 saturated carbocycles. The van der Waals surface area contributed by atoms with E-state index in [1.54, 1.807) is 34.0 Å². The average molecular weight is 372 g/mol. The number of carbonyl (C=O) groups excluding carboxylic acids is 2. The molecule has 2 saturated heterocycles. The monoisotopic (exact) mass is 372 g/mol. The number of Topliss-reactive ketones (excluding diaryl/α,β-unsaturated/α-hetero) is 1. The lowest BCUT2D eigenvalue weighted by atomic mass is 9.82. The van der Waals surface area contributed by atoms with Crippen LogP contribution in [0.5, 0.6) is 0 Å². The number of ketones is 1. The van der Waals surface area contributed by atoms with E-state index in [0.29, 0.717) is 37.5 Å². The highest BCUT2D eigenvalue weighted by Crippen LogP contribution is 2.34. The smallest absolute Gasteiger partial charge is 0.410 e. The van der Waals surface area contributed by atoms with Crippen LogP contribution in [0, 0.1) is 5.92 Å². The van der Waals surface area contributed by atoms with E-state index in [0.717, 1.165) is 0 Å². The fourth-order valence-corrected chi connectivity index (χ4v) is 3.96. The first-order valence-corrected chi connectivity index (χ1v) is 9.25. The minimum absolute atomic E-state index is 0.0382. The van der Waals surface area contributed by atoms with E-state index in [4.69, 9.17) is 9.47 Å². The number of imidazole rings is 1. The normalized spacial score (nSPS) is 25.4. The van der Waals surface area contributed by atoms with Gasteiger partial charge in [0.05, 0.1) is 31.5 Å². The molecule has 2 atom stereocenters. The molecule has 2 aliphatic heterocycles. The molecule has 1 amide bonds. The third kappa shape index (κ3) is 3.41. The van der Waals surface area contributed by atoms with Crippen LogP contribution in [0.15, 0.2) is 24.7 Å². The molecule has 2 unspecified atom stereocenters. The summed E-state index contributed by atoms with van der Waals surface area (Å²) in [5.41, 5.74) is -0.0181. The van der Waals surface area contributed by atoms with Crippen molar-refractivity contribution < 1.29 is 19.1 Å². The minimum atomic E-state index is -0.553. The van der Waals surface area contributed by atoms with Crippen LogP contribution in [0.1, 0.15) is 44.1 Å². The largest absolute Gasteiger partial charge is 0.444 e. The van der Waals surface area contributed by atoms with Crippen molar-refractivity contribution in [1.82, 2.24) is 19.3 Å². The summed E-state index contributed by atoms with van der Waals surface area (Å²) < 4.78 is 12.9. The van der Waals surface area contributed by atoms with Gasteiger partial charge < -0.3 is 9.47 Å². The first-order chi connectivity index (χ1) is 12.8. The molecule has 0 aromatic carbocycles. The van der Waals surface area contributed by atoms with E-state index < -0.39 is 5.60 Å². The third-order valence-electron chi connectivity index (χ3n) is 5.04. The molecule has 0 spiro atoms. The number of amides is 1. The van der Waals surface area contributed by atoms with Gasteiger partial charge in [-0.15, -0.1) is 0 Å². The fourth-order valence-electron chi connectivity index (χ4n) is 3.96. The van der Waals surface area contributed by atoms with Gasteiger partial charge in [-0.1, -0.05) is 0 Å². The second-order valence-electron chi connectivity index (χ2n) is 8.20. The van der Waals surface area contributed by atoms with Gasteiger partial charge in [0.1, 0.15) is 11.3 Å². The first-order valence-electron chi connectivity index (χ1n) is 9.25. The molecule has 2 aromatic heterocycles. The molecule has 0 radical (unpaired) electrons. The number of carbonyl (C=O) groups is 2. The zero-order valence-corrected chi connectivity index (χ0v) is 15.8. The van der Waals surface area contributed by atoms with Crippen LogP contribution in [0.25, 0.3) is 5.78 Å². The fraction of sp³-hybridized carbons (Fsp3) is 0.579. The van der Waals surface area contributed by atoms with Gasteiger partial charge in [-0.2, -0.15) is 0 Å². The van der Waals surface area contributed by atoms with Gasteiger partial charge in [-0.25, -0.2) is 14.8 Å². The van der Waals surface area contributed by atoms with Gasteiger partial charge in [-0.3, -0.25) is 14.1 Å². The highest BCUT2D eigenvalue weighted by Gasteiger charge is 2.45. The number of nitrogens with zero attached hydrogens (tertiary/aromatic N) is 4. The third-order valence-corrected chi connectivity index (χ3v) is 5.04. The second-order valence-corrected chi connectivity index (χ2v) is 8.20. The van der Waals surface area contributed by atoms with Crippen LogP contribution in [-0.2, 0) is 9.47 Å². The molecule has 0 N–H and O–H groups in total. The van der Waals surface area contributed by atoms with Gasteiger partial charge in [0.2, 0.25) is 5.78 Å². The molecule has 2 aliphatic rings. The number of aromatic nitrogens is 3. The summed E-state index contributed by atoms with van der Waals surface area (Å²) in [6, 6.07) is 1.47. The Morgan fingerprint density at radius 2 is 1.89 bits per heavy atom. The van der Waals surface area contributed by atoms with Crippen molar-refractivity contribution in [3.63, 3.8) is 0 Å². The molecule has 2 bridgehead atoms. The average Bonchev–Trinajstić information content (AvgIpc) is 3.02. The van der Waals surface area contributed by atoms with Crippen LogP contribution < -0.4 is 0 Å². The van der Waals surface area contributed by atoms with Crippen molar-refractivity contribution in [2.75, 3.05) is 13.2 Å². The summed E-state index contributed by atoms with van der Waals surface area (Å²) in [5.74, 6) is 0.370. The van der Waals surface area contributed by atoms with Crippen molar-refractivity contribution in [1.29, 1.82) is 0 Å². The molecular weight excluding hydrogens is 348 g/mol. The Kier molecular flexibility index (Phi) is 4.38. The SMILES string of the molecule is CC(C)(C)OC(=O)N1C2COCC1CC(C(=O)c1cnc3ncccn13)C2. The molecule has 4 rings (SSSR count).